The van der Waals surface area contributed by atoms with E-state index in [1.54, 1.807) is 11.8 Å². The summed E-state index contributed by atoms with van der Waals surface area (Å²) in [7, 11) is 0. The summed E-state index contributed by atoms with van der Waals surface area (Å²) in [5.41, 5.74) is 1.22. The molecule has 15 heavy (non-hydrogen) atoms. The van der Waals surface area contributed by atoms with E-state index in [1.165, 1.54) is 5.56 Å². The van der Waals surface area contributed by atoms with Crippen LogP contribution in [0.25, 0.3) is 0 Å². The van der Waals surface area contributed by atoms with Crippen LogP contribution in [-0.2, 0) is 10.5 Å². The molecule has 1 aromatic carbocycles. The molecule has 0 radical (unpaired) electrons. The molecule has 0 spiro atoms. The summed E-state index contributed by atoms with van der Waals surface area (Å²) in [6, 6.07) is 7.76. The van der Waals surface area contributed by atoms with Gasteiger partial charge in [0.2, 0.25) is 0 Å². The van der Waals surface area contributed by atoms with Gasteiger partial charge in [0.05, 0.1) is 5.75 Å². The zero-order valence-corrected chi connectivity index (χ0v) is 10.4. The van der Waals surface area contributed by atoms with E-state index >= 15 is 0 Å². The highest BCUT2D eigenvalue weighted by atomic mass is 35.5. The van der Waals surface area contributed by atoms with Gasteiger partial charge in [-0.15, -0.1) is 11.8 Å². The summed E-state index contributed by atoms with van der Waals surface area (Å²) < 4.78 is 0. The highest BCUT2D eigenvalue weighted by molar-refractivity contribution is 7.99. The molecule has 1 aromatic rings. The molecule has 0 amide bonds. The Kier molecular flexibility index (Phi) is 5.81. The average molecular weight is 243 g/mol. The number of ketones is 1. The number of halogens is 1. The fraction of sp³-hybridized carbons (Fsp3) is 0.417. The van der Waals surface area contributed by atoms with Gasteiger partial charge >= 0.3 is 0 Å². The van der Waals surface area contributed by atoms with Crippen molar-refractivity contribution in [3.05, 3.63) is 34.9 Å². The zero-order chi connectivity index (χ0) is 11.1. The lowest BCUT2D eigenvalue weighted by atomic mass is 10.2. The maximum atomic E-state index is 11.2. The molecule has 0 N–H and O–H groups in total. The molecular weight excluding hydrogens is 228 g/mol. The van der Waals surface area contributed by atoms with Crippen LogP contribution in [0.3, 0.4) is 0 Å². The molecule has 0 unspecified atom stereocenters. The lowest BCUT2D eigenvalue weighted by molar-refractivity contribution is -0.116. The van der Waals surface area contributed by atoms with Gasteiger partial charge in [-0.3, -0.25) is 4.79 Å². The molecule has 1 nitrogen and oxygen atoms in total. The van der Waals surface area contributed by atoms with E-state index in [9.17, 15) is 4.79 Å². The van der Waals surface area contributed by atoms with Crippen LogP contribution in [-0.4, -0.2) is 11.5 Å². The van der Waals surface area contributed by atoms with Gasteiger partial charge < -0.3 is 0 Å². The summed E-state index contributed by atoms with van der Waals surface area (Å²) in [6.07, 6.45) is 1.65. The molecule has 0 fully saturated rings. The lowest BCUT2D eigenvalue weighted by Gasteiger charge is -2.01. The fourth-order valence-corrected chi connectivity index (χ4v) is 2.24. The maximum absolute atomic E-state index is 11.2. The van der Waals surface area contributed by atoms with E-state index in [-0.39, 0.29) is 0 Å². The molecule has 0 atom stereocenters. The molecule has 0 aliphatic heterocycles. The Bertz CT molecular complexity index is 308. The summed E-state index contributed by atoms with van der Waals surface area (Å²) in [4.78, 5) is 11.2. The van der Waals surface area contributed by atoms with Gasteiger partial charge in [0.25, 0.3) is 0 Å². The first-order chi connectivity index (χ1) is 7.22. The van der Waals surface area contributed by atoms with E-state index in [2.05, 4.69) is 0 Å². The van der Waals surface area contributed by atoms with Gasteiger partial charge in [0.15, 0.2) is 0 Å². The highest BCUT2D eigenvalue weighted by Gasteiger charge is 2.00. The normalized spacial score (nSPS) is 10.3. The number of hydrogen-bond acceptors (Lipinski definition) is 2. The Balaban J connectivity index is 2.26. The van der Waals surface area contributed by atoms with Gasteiger partial charge in [0, 0.05) is 17.2 Å². The Morgan fingerprint density at radius 1 is 1.33 bits per heavy atom. The summed E-state index contributed by atoms with van der Waals surface area (Å²) in [6.45, 7) is 2.03. The van der Waals surface area contributed by atoms with Crippen molar-refractivity contribution in [1.82, 2.24) is 0 Å². The summed E-state index contributed by atoms with van der Waals surface area (Å²) in [5.74, 6) is 1.85. The lowest BCUT2D eigenvalue weighted by Crippen LogP contribution is -2.00. The number of rotatable bonds is 6. The monoisotopic (exact) mass is 242 g/mol. The Hall–Kier alpha value is -0.470. The third-order valence-electron chi connectivity index (χ3n) is 1.97. The van der Waals surface area contributed by atoms with E-state index < -0.39 is 0 Å². The fourth-order valence-electron chi connectivity index (χ4n) is 1.21. The number of Topliss-reactive ketones (excluding diaryl/α,β-unsaturated/α-hetero) is 1. The number of thioether (sulfide) groups is 1. The maximum Gasteiger partial charge on any atom is 0.142 e. The van der Waals surface area contributed by atoms with Crippen molar-refractivity contribution in [1.29, 1.82) is 0 Å². The van der Waals surface area contributed by atoms with Crippen molar-refractivity contribution < 1.29 is 4.79 Å². The third-order valence-corrected chi connectivity index (χ3v) is 3.29. The van der Waals surface area contributed by atoms with Crippen LogP contribution in [0.5, 0.6) is 0 Å². The molecule has 0 saturated carbocycles. The van der Waals surface area contributed by atoms with Crippen molar-refractivity contribution in [3.63, 3.8) is 0 Å². The Labute approximate surface area is 100 Å². The zero-order valence-electron chi connectivity index (χ0n) is 8.83. The van der Waals surface area contributed by atoms with E-state index in [0.29, 0.717) is 18.0 Å². The van der Waals surface area contributed by atoms with E-state index in [0.717, 1.165) is 17.2 Å². The molecule has 0 aromatic heterocycles. The van der Waals surface area contributed by atoms with E-state index in [4.69, 9.17) is 11.6 Å². The van der Waals surface area contributed by atoms with Crippen LogP contribution in [0.4, 0.5) is 0 Å². The number of carbonyl (C=O) groups is 1. The van der Waals surface area contributed by atoms with Gasteiger partial charge in [-0.2, -0.15) is 0 Å². The molecule has 3 heteroatoms. The molecule has 0 aliphatic carbocycles. The number of benzene rings is 1. The van der Waals surface area contributed by atoms with E-state index in [1.807, 2.05) is 31.2 Å². The minimum absolute atomic E-state index is 0.344. The predicted octanol–water partition coefficient (Wildman–Crippen LogP) is 3.94. The topological polar surface area (TPSA) is 17.1 Å². The molecule has 0 heterocycles. The van der Waals surface area contributed by atoms with Crippen molar-refractivity contribution in [2.24, 2.45) is 0 Å². The molecule has 1 rings (SSSR count). The second-order valence-corrected chi connectivity index (χ2v) is 4.83. The van der Waals surface area contributed by atoms with Gasteiger partial charge in [-0.1, -0.05) is 30.7 Å². The minimum Gasteiger partial charge on any atom is -0.299 e. The van der Waals surface area contributed by atoms with Crippen LogP contribution in [0.2, 0.25) is 5.02 Å². The van der Waals surface area contributed by atoms with Gasteiger partial charge in [0.1, 0.15) is 5.78 Å². The smallest absolute Gasteiger partial charge is 0.142 e. The van der Waals surface area contributed by atoms with Crippen molar-refractivity contribution in [3.8, 4) is 0 Å². The van der Waals surface area contributed by atoms with Crippen molar-refractivity contribution in [2.75, 3.05) is 5.75 Å². The van der Waals surface area contributed by atoms with Crippen LogP contribution in [0, 0.1) is 0 Å². The first kappa shape index (κ1) is 12.6. The standard InChI is InChI=1S/C12H15ClOS/c1-2-3-12(14)9-15-8-10-4-6-11(13)7-5-10/h4-7H,2-3,8-9H2,1H3. The Morgan fingerprint density at radius 3 is 2.60 bits per heavy atom. The number of carbonyl (C=O) groups excluding carboxylic acids is 1. The summed E-state index contributed by atoms with van der Waals surface area (Å²) in [5, 5.41) is 0.755. The molecule has 0 aliphatic rings. The van der Waals surface area contributed by atoms with Crippen molar-refractivity contribution >= 4 is 29.1 Å². The van der Waals surface area contributed by atoms with Crippen LogP contribution in [0.15, 0.2) is 24.3 Å². The predicted molar refractivity (Wildman–Crippen MR) is 67.5 cm³/mol. The Morgan fingerprint density at radius 2 is 2.00 bits per heavy atom. The third kappa shape index (κ3) is 5.24. The molecule has 82 valence electrons. The highest BCUT2D eigenvalue weighted by Crippen LogP contribution is 2.15. The molecule has 0 saturated heterocycles. The SMILES string of the molecule is CCCC(=O)CSCc1ccc(Cl)cc1. The van der Waals surface area contributed by atoms with Crippen LogP contribution >= 0.6 is 23.4 Å². The largest absolute Gasteiger partial charge is 0.299 e. The second-order valence-electron chi connectivity index (χ2n) is 3.41. The van der Waals surface area contributed by atoms with Crippen LogP contribution < -0.4 is 0 Å². The van der Waals surface area contributed by atoms with Gasteiger partial charge in [-0.05, 0) is 24.1 Å². The quantitative estimate of drug-likeness (QED) is 0.752. The van der Waals surface area contributed by atoms with Crippen molar-refractivity contribution in [2.45, 2.75) is 25.5 Å². The minimum atomic E-state index is 0.344. The molecule has 0 bridgehead atoms. The first-order valence-electron chi connectivity index (χ1n) is 5.06. The summed E-state index contributed by atoms with van der Waals surface area (Å²) >= 11 is 7.44. The van der Waals surface area contributed by atoms with Gasteiger partial charge in [-0.25, -0.2) is 0 Å². The average Bonchev–Trinajstić information content (AvgIpc) is 2.21. The second kappa shape index (κ2) is 6.91. The molecular formula is C12H15ClOS. The van der Waals surface area contributed by atoms with Crippen LogP contribution in [0.1, 0.15) is 25.3 Å². The first-order valence-corrected chi connectivity index (χ1v) is 6.59. The number of hydrogen-bond donors (Lipinski definition) is 0.